The minimum absolute atomic E-state index is 0. The fraction of sp³-hybridized carbons (Fsp3) is 0.600. The maximum absolute atomic E-state index is 14.3. The maximum atomic E-state index is 14.3. The molecule has 0 spiro atoms. The van der Waals surface area contributed by atoms with Gasteiger partial charge < -0.3 is 0 Å². The number of nitrogens with zero attached hydrogens (tertiary/aromatic N) is 1. The van der Waals surface area contributed by atoms with Gasteiger partial charge in [0.1, 0.15) is 0 Å². The molecule has 1 atom stereocenters. The molecule has 0 bridgehead atoms. The second-order valence-electron chi connectivity index (χ2n) is 16.2. The molecule has 5 nitrogen and oxygen atoms in total. The van der Waals surface area contributed by atoms with Crippen LogP contribution in [0, 0.1) is 0 Å². The van der Waals surface area contributed by atoms with E-state index < -0.39 is 12.0 Å². The van der Waals surface area contributed by atoms with E-state index in [1.54, 1.807) is 0 Å². The minimum Gasteiger partial charge on any atom is -0.147 e. The minimum atomic E-state index is -2.43. The molecule has 0 aromatic heterocycles. The Bertz CT molecular complexity index is 1540. The van der Waals surface area contributed by atoms with Crippen molar-refractivity contribution >= 4 is 57.9 Å². The van der Waals surface area contributed by atoms with Crippen LogP contribution >= 0.6 is 29.6 Å². The molecule has 0 aliphatic heterocycles. The van der Waals surface area contributed by atoms with Crippen molar-refractivity contribution in [3.8, 4) is 0 Å². The zero-order valence-electron chi connectivity index (χ0n) is 33.0. The summed E-state index contributed by atoms with van der Waals surface area (Å²) in [7, 11) is 0. The molecule has 0 saturated heterocycles. The van der Waals surface area contributed by atoms with Crippen molar-refractivity contribution in [2.24, 2.45) is 4.99 Å². The van der Waals surface area contributed by atoms with Crippen molar-refractivity contribution < 1.29 is 4.79 Å². The fourth-order valence-electron chi connectivity index (χ4n) is 8.54. The average molecular weight is 784 g/mol. The second kappa shape index (κ2) is 21.7. The zero-order valence-corrected chi connectivity index (χ0v) is 35.5. The SMILES string of the molecule is CCCCP(Cl)(CCCC)(CCCC)Cc1ccc(NC(=O)C(Cc2ccc3ccccc3c2)NC(=NC2CCCCC2)NC2CCCCC2)cc1.Cl. The van der Waals surface area contributed by atoms with Gasteiger partial charge in [-0.15, -0.1) is 12.4 Å². The van der Waals surface area contributed by atoms with E-state index in [-0.39, 0.29) is 18.3 Å². The van der Waals surface area contributed by atoms with E-state index in [1.165, 1.54) is 112 Å². The molecule has 2 aliphatic rings. The predicted octanol–water partition coefficient (Wildman–Crippen LogP) is 12.6. The molecule has 3 aromatic carbocycles. The molecule has 0 heterocycles. The number of unbranched alkanes of at least 4 members (excludes halogenated alkanes) is 3. The van der Waals surface area contributed by atoms with Gasteiger partial charge >= 0.3 is 228 Å². The predicted molar refractivity (Wildman–Crippen MR) is 237 cm³/mol. The standard InChI is InChI=1S/C45H68ClN4OP.ClH/c1-4-7-30-52(46,31-8-5-2,32-9-6-3)35-36-25-28-42(29-26-36)47-44(51)43(34-37-24-27-38-18-16-17-19-39(38)33-37)50-45(48-40-20-12-10-13-21-40)49-41-22-14-11-15-23-41;/h16-19,24-29,33,40-41,43H,4-15,20-23,30-32,34-35H2,1-3H3,(H,47,51)(H2,48,49,50);1H. The molecule has 294 valence electrons. The number of anilines is 1. The molecule has 1 amide bonds. The first-order valence-electron chi connectivity index (χ1n) is 21.0. The fourth-order valence-corrected chi connectivity index (χ4v) is 15.6. The number of rotatable bonds is 18. The Labute approximate surface area is 332 Å². The number of benzene rings is 3. The number of hydrogen-bond acceptors (Lipinski definition) is 2. The summed E-state index contributed by atoms with van der Waals surface area (Å²) in [6, 6.07) is 23.9. The molecule has 2 saturated carbocycles. The molecule has 2 aliphatic carbocycles. The van der Waals surface area contributed by atoms with Crippen molar-refractivity contribution in [3.63, 3.8) is 0 Å². The van der Waals surface area contributed by atoms with Crippen LogP contribution in [0.25, 0.3) is 10.8 Å². The van der Waals surface area contributed by atoms with Gasteiger partial charge in [-0.2, -0.15) is 0 Å². The molecule has 8 heteroatoms. The Morgan fingerprint density at radius 2 is 1.32 bits per heavy atom. The number of hydrogen-bond donors (Lipinski definition) is 3. The third-order valence-corrected chi connectivity index (χ3v) is 19.1. The monoisotopic (exact) mass is 782 g/mol. The van der Waals surface area contributed by atoms with Gasteiger partial charge in [-0.3, -0.25) is 0 Å². The Kier molecular flexibility index (Phi) is 17.8. The van der Waals surface area contributed by atoms with Gasteiger partial charge in [0, 0.05) is 0 Å². The Morgan fingerprint density at radius 3 is 1.92 bits per heavy atom. The molecule has 0 radical (unpaired) electrons. The largest absolute Gasteiger partial charge is 0.147 e. The van der Waals surface area contributed by atoms with Gasteiger partial charge in [-0.05, 0) is 31.1 Å². The third kappa shape index (κ3) is 13.4. The van der Waals surface area contributed by atoms with Crippen LogP contribution in [0.1, 0.15) is 135 Å². The number of halogens is 2. The van der Waals surface area contributed by atoms with Crippen LogP contribution in [-0.4, -0.2) is 48.5 Å². The van der Waals surface area contributed by atoms with Crippen LogP contribution in [0.3, 0.4) is 0 Å². The van der Waals surface area contributed by atoms with E-state index in [0.29, 0.717) is 18.5 Å². The van der Waals surface area contributed by atoms with Crippen LogP contribution in [-0.2, 0) is 17.4 Å². The number of guanidine groups is 1. The molecule has 53 heavy (non-hydrogen) atoms. The third-order valence-electron chi connectivity index (χ3n) is 11.7. The van der Waals surface area contributed by atoms with E-state index in [1.807, 2.05) is 0 Å². The smallest absolute Gasteiger partial charge is 0.147 e. The molecule has 3 aromatic rings. The van der Waals surface area contributed by atoms with Crippen molar-refractivity contribution in [2.75, 3.05) is 23.8 Å². The van der Waals surface area contributed by atoms with Crippen LogP contribution in [0.15, 0.2) is 71.7 Å². The number of carbonyl (C=O) groups is 1. The van der Waals surface area contributed by atoms with E-state index >= 15 is 0 Å². The van der Waals surface area contributed by atoms with Crippen molar-refractivity contribution in [1.82, 2.24) is 10.6 Å². The number of aliphatic imine (C=N–C) groups is 1. The number of fused-ring (bicyclic) bond motifs is 1. The molecule has 3 N–H and O–H groups in total. The van der Waals surface area contributed by atoms with Crippen molar-refractivity contribution in [1.29, 1.82) is 0 Å². The first-order chi connectivity index (χ1) is 25.3. The van der Waals surface area contributed by atoms with E-state index in [4.69, 9.17) is 16.2 Å². The summed E-state index contributed by atoms with van der Waals surface area (Å²) in [6.45, 7) is 6.86. The van der Waals surface area contributed by atoms with E-state index in [2.05, 4.69) is 103 Å². The topological polar surface area (TPSA) is 65.5 Å². The van der Waals surface area contributed by atoms with Gasteiger partial charge in [0.15, 0.2) is 0 Å². The summed E-state index contributed by atoms with van der Waals surface area (Å²) in [4.78, 5) is 19.6. The molecule has 5 rings (SSSR count). The van der Waals surface area contributed by atoms with Gasteiger partial charge in [0.2, 0.25) is 0 Å². The van der Waals surface area contributed by atoms with Gasteiger partial charge in [-0.1, -0.05) is 62.8 Å². The van der Waals surface area contributed by atoms with Crippen LogP contribution in [0.4, 0.5) is 5.69 Å². The van der Waals surface area contributed by atoms with Gasteiger partial charge in [0.05, 0.1) is 0 Å². The van der Waals surface area contributed by atoms with Gasteiger partial charge in [-0.25, -0.2) is 0 Å². The Balaban J connectivity index is 0.00000627. The molecular weight excluding hydrogens is 714 g/mol. The summed E-state index contributed by atoms with van der Waals surface area (Å²) in [6.07, 6.45) is 24.3. The summed E-state index contributed by atoms with van der Waals surface area (Å²) in [5.74, 6) is -1.66. The molecule has 1 unspecified atom stereocenters. The van der Waals surface area contributed by atoms with Crippen LogP contribution in [0.2, 0.25) is 0 Å². The summed E-state index contributed by atoms with van der Waals surface area (Å²) in [5, 5.41) is 13.2. The first kappa shape index (κ1) is 43.4. The van der Waals surface area contributed by atoms with E-state index in [0.717, 1.165) is 49.1 Å². The summed E-state index contributed by atoms with van der Waals surface area (Å²) < 4.78 is 0. The van der Waals surface area contributed by atoms with Gasteiger partial charge in [0.25, 0.3) is 0 Å². The van der Waals surface area contributed by atoms with Crippen molar-refractivity contribution in [2.45, 2.75) is 154 Å². The van der Waals surface area contributed by atoms with E-state index in [9.17, 15) is 4.79 Å². The number of carbonyl (C=O) groups excluding carboxylic acids is 1. The summed E-state index contributed by atoms with van der Waals surface area (Å²) >= 11 is 7.97. The Morgan fingerprint density at radius 1 is 0.755 bits per heavy atom. The average Bonchev–Trinajstić information content (AvgIpc) is 3.17. The molecular formula is C45H69Cl2N4OP. The quantitative estimate of drug-likeness (QED) is 0.0684. The first-order valence-corrected chi connectivity index (χ1v) is 24.9. The number of amides is 1. The van der Waals surface area contributed by atoms with Crippen molar-refractivity contribution in [3.05, 3.63) is 77.9 Å². The van der Waals surface area contributed by atoms with Crippen LogP contribution < -0.4 is 16.0 Å². The normalized spacial score (nSPS) is 17.4. The maximum Gasteiger partial charge on any atom is -0.147 e. The molecule has 2 fully saturated rings. The Hall–Kier alpha value is -2.33. The second-order valence-corrected chi connectivity index (χ2v) is 24.4. The zero-order chi connectivity index (χ0) is 36.7. The number of nitrogens with one attached hydrogen (secondary N) is 3. The van der Waals surface area contributed by atoms with Crippen LogP contribution in [0.5, 0.6) is 0 Å². The summed E-state index contributed by atoms with van der Waals surface area (Å²) in [5.41, 5.74) is 3.27.